The van der Waals surface area contributed by atoms with Crippen molar-refractivity contribution in [1.82, 2.24) is 9.97 Å². The normalized spacial score (nSPS) is 13.7. The minimum Gasteiger partial charge on any atom is -0.372 e. The molecule has 30 heavy (non-hydrogen) atoms. The molecule has 0 atom stereocenters. The lowest BCUT2D eigenvalue weighted by Gasteiger charge is -2.28. The van der Waals surface area contributed by atoms with Gasteiger partial charge in [0, 0.05) is 36.1 Å². The Labute approximate surface area is 173 Å². The first-order valence-electron chi connectivity index (χ1n) is 9.96. The number of pyridine rings is 2. The zero-order valence-corrected chi connectivity index (χ0v) is 16.4. The Morgan fingerprint density at radius 1 is 1.07 bits per heavy atom. The van der Waals surface area contributed by atoms with Gasteiger partial charge in [0.25, 0.3) is 11.5 Å². The number of hydrogen-bond acceptors (Lipinski definition) is 5. The lowest BCUT2D eigenvalue weighted by atomic mass is 10.1. The molecule has 7 heteroatoms. The third-order valence-corrected chi connectivity index (χ3v) is 5.19. The Morgan fingerprint density at radius 3 is 2.57 bits per heavy atom. The van der Waals surface area contributed by atoms with Gasteiger partial charge in [0.05, 0.1) is 5.69 Å². The lowest BCUT2D eigenvalue weighted by molar-refractivity contribution is 0.102. The fourth-order valence-electron chi connectivity index (χ4n) is 3.57. The standard InChI is InChI=1S/C23H22N4O3/c28-15-18-5-4-6-20(25-18)17-13-21(23(30)24-14-17)26-22(29)16-7-9-19(10-8-16)27-11-2-1-3-12-27/h4-10,13-15H,1-3,11-12H2,(H,24,30)(H,26,29). The highest BCUT2D eigenvalue weighted by molar-refractivity contribution is 6.04. The topological polar surface area (TPSA) is 95.2 Å². The largest absolute Gasteiger partial charge is 0.372 e. The molecule has 3 heterocycles. The number of amides is 1. The summed E-state index contributed by atoms with van der Waals surface area (Å²) in [6.07, 6.45) is 5.80. The van der Waals surface area contributed by atoms with E-state index >= 15 is 0 Å². The van der Waals surface area contributed by atoms with Gasteiger partial charge in [-0.3, -0.25) is 14.4 Å². The number of carbonyl (C=O) groups excluding carboxylic acids is 2. The van der Waals surface area contributed by atoms with Crippen molar-refractivity contribution in [2.24, 2.45) is 0 Å². The average molecular weight is 402 g/mol. The van der Waals surface area contributed by atoms with E-state index < -0.39 is 5.56 Å². The summed E-state index contributed by atoms with van der Waals surface area (Å²) in [4.78, 5) is 45.0. The summed E-state index contributed by atoms with van der Waals surface area (Å²) in [5.74, 6) is -0.363. The first kappa shape index (κ1) is 19.6. The molecule has 0 spiro atoms. The van der Waals surface area contributed by atoms with E-state index in [1.165, 1.54) is 25.5 Å². The Bertz CT molecular complexity index is 1120. The van der Waals surface area contributed by atoms with E-state index in [1.54, 1.807) is 36.4 Å². The fourth-order valence-corrected chi connectivity index (χ4v) is 3.57. The van der Waals surface area contributed by atoms with Gasteiger partial charge in [-0.25, -0.2) is 4.98 Å². The van der Waals surface area contributed by atoms with Crippen LogP contribution in [0.5, 0.6) is 0 Å². The number of hydrogen-bond donors (Lipinski definition) is 2. The number of carbonyl (C=O) groups is 2. The molecule has 4 rings (SSSR count). The summed E-state index contributed by atoms with van der Waals surface area (Å²) in [5.41, 5.74) is 2.69. The second kappa shape index (κ2) is 8.73. The van der Waals surface area contributed by atoms with Crippen molar-refractivity contribution in [3.8, 4) is 11.3 Å². The maximum Gasteiger partial charge on any atom is 0.271 e. The van der Waals surface area contributed by atoms with Crippen LogP contribution in [0.15, 0.2) is 59.5 Å². The van der Waals surface area contributed by atoms with E-state index in [4.69, 9.17) is 0 Å². The minimum atomic E-state index is -0.413. The van der Waals surface area contributed by atoms with Gasteiger partial charge in [-0.15, -0.1) is 0 Å². The van der Waals surface area contributed by atoms with Crippen molar-refractivity contribution in [3.63, 3.8) is 0 Å². The highest BCUT2D eigenvalue weighted by Crippen LogP contribution is 2.21. The van der Waals surface area contributed by atoms with Crippen molar-refractivity contribution in [1.29, 1.82) is 0 Å². The van der Waals surface area contributed by atoms with E-state index in [9.17, 15) is 14.4 Å². The number of rotatable bonds is 5. The molecule has 3 aromatic rings. The van der Waals surface area contributed by atoms with Gasteiger partial charge in [0.1, 0.15) is 11.4 Å². The summed E-state index contributed by atoms with van der Waals surface area (Å²) in [5, 5.41) is 2.67. The van der Waals surface area contributed by atoms with Crippen LogP contribution in [0.2, 0.25) is 0 Å². The Hall–Kier alpha value is -3.74. The van der Waals surface area contributed by atoms with Gasteiger partial charge < -0.3 is 15.2 Å². The number of aldehydes is 1. The van der Waals surface area contributed by atoms with E-state index in [1.807, 2.05) is 12.1 Å². The fraction of sp³-hybridized carbons (Fsp3) is 0.217. The predicted molar refractivity (Wildman–Crippen MR) is 116 cm³/mol. The van der Waals surface area contributed by atoms with Crippen molar-refractivity contribution < 1.29 is 9.59 Å². The molecule has 2 aromatic heterocycles. The smallest absolute Gasteiger partial charge is 0.271 e. The summed E-state index contributed by atoms with van der Waals surface area (Å²) >= 11 is 0. The number of nitrogens with one attached hydrogen (secondary N) is 2. The molecule has 7 nitrogen and oxygen atoms in total. The Morgan fingerprint density at radius 2 is 1.83 bits per heavy atom. The van der Waals surface area contributed by atoms with E-state index in [0.717, 1.165) is 18.8 Å². The highest BCUT2D eigenvalue weighted by Gasteiger charge is 2.14. The van der Waals surface area contributed by atoms with Crippen LogP contribution in [0.3, 0.4) is 0 Å². The summed E-state index contributed by atoms with van der Waals surface area (Å²) in [6.45, 7) is 2.07. The van der Waals surface area contributed by atoms with Crippen LogP contribution in [-0.4, -0.2) is 35.3 Å². The molecule has 1 saturated heterocycles. The molecule has 152 valence electrons. The average Bonchev–Trinajstić information content (AvgIpc) is 2.81. The second-order valence-electron chi connectivity index (χ2n) is 7.25. The first-order chi connectivity index (χ1) is 14.6. The van der Waals surface area contributed by atoms with Crippen LogP contribution in [0.1, 0.15) is 40.1 Å². The molecular formula is C23H22N4O3. The molecule has 1 aromatic carbocycles. The van der Waals surface area contributed by atoms with Crippen molar-refractivity contribution in [2.75, 3.05) is 23.3 Å². The molecule has 1 fully saturated rings. The number of aromatic nitrogens is 2. The van der Waals surface area contributed by atoms with Crippen molar-refractivity contribution in [2.45, 2.75) is 19.3 Å². The van der Waals surface area contributed by atoms with Gasteiger partial charge in [-0.1, -0.05) is 6.07 Å². The van der Waals surface area contributed by atoms with Crippen LogP contribution < -0.4 is 15.8 Å². The van der Waals surface area contributed by atoms with Crippen LogP contribution in [0.4, 0.5) is 11.4 Å². The molecular weight excluding hydrogens is 380 g/mol. The van der Waals surface area contributed by atoms with Gasteiger partial charge in [-0.2, -0.15) is 0 Å². The van der Waals surface area contributed by atoms with Crippen LogP contribution in [0, 0.1) is 0 Å². The number of piperidine rings is 1. The number of nitrogens with zero attached hydrogens (tertiary/aromatic N) is 2. The van der Waals surface area contributed by atoms with E-state index in [2.05, 4.69) is 20.2 Å². The third kappa shape index (κ3) is 4.30. The first-order valence-corrected chi connectivity index (χ1v) is 9.96. The molecule has 0 saturated carbocycles. The van der Waals surface area contributed by atoms with Gasteiger partial charge >= 0.3 is 0 Å². The van der Waals surface area contributed by atoms with E-state index in [0.29, 0.717) is 23.1 Å². The summed E-state index contributed by atoms with van der Waals surface area (Å²) < 4.78 is 0. The van der Waals surface area contributed by atoms with Gasteiger partial charge in [0.15, 0.2) is 6.29 Å². The predicted octanol–water partition coefficient (Wildman–Crippen LogP) is 3.49. The zero-order chi connectivity index (χ0) is 20.9. The Kier molecular flexibility index (Phi) is 5.70. The molecule has 0 aliphatic carbocycles. The second-order valence-corrected chi connectivity index (χ2v) is 7.25. The molecule has 0 radical (unpaired) electrons. The quantitative estimate of drug-likeness (QED) is 0.637. The van der Waals surface area contributed by atoms with Gasteiger partial charge in [-0.05, 0) is 61.7 Å². The maximum atomic E-state index is 12.7. The molecule has 0 unspecified atom stereocenters. The zero-order valence-electron chi connectivity index (χ0n) is 16.4. The molecule has 1 aliphatic heterocycles. The molecule has 1 aliphatic rings. The SMILES string of the molecule is O=Cc1cccc(-c2c[nH]c(=O)c(NC(=O)c3ccc(N4CCCCC4)cc3)c2)n1. The Balaban J connectivity index is 1.52. The van der Waals surface area contributed by atoms with Crippen LogP contribution >= 0.6 is 0 Å². The van der Waals surface area contributed by atoms with Crippen LogP contribution in [-0.2, 0) is 0 Å². The van der Waals surface area contributed by atoms with Crippen LogP contribution in [0.25, 0.3) is 11.3 Å². The maximum absolute atomic E-state index is 12.7. The summed E-state index contributed by atoms with van der Waals surface area (Å²) in [6, 6.07) is 14.0. The monoisotopic (exact) mass is 402 g/mol. The number of H-pyrrole nitrogens is 1. The molecule has 2 N–H and O–H groups in total. The van der Waals surface area contributed by atoms with E-state index in [-0.39, 0.29) is 17.3 Å². The molecule has 1 amide bonds. The summed E-state index contributed by atoms with van der Waals surface area (Å²) in [7, 11) is 0. The van der Waals surface area contributed by atoms with Gasteiger partial charge in [0.2, 0.25) is 0 Å². The minimum absolute atomic E-state index is 0.121. The third-order valence-electron chi connectivity index (χ3n) is 5.19. The number of benzene rings is 1. The van der Waals surface area contributed by atoms with Crippen molar-refractivity contribution >= 4 is 23.6 Å². The number of aromatic amines is 1. The highest BCUT2D eigenvalue weighted by atomic mass is 16.2. The lowest BCUT2D eigenvalue weighted by Crippen LogP contribution is -2.29. The molecule has 0 bridgehead atoms. The number of anilines is 2. The van der Waals surface area contributed by atoms with Crippen molar-refractivity contribution in [3.05, 3.63) is 76.3 Å².